The number of amides is 2. The Kier molecular flexibility index (Phi) is 4.35. The molecule has 2 aliphatic rings. The third-order valence-electron chi connectivity index (χ3n) is 5.38. The highest BCUT2D eigenvalue weighted by atomic mass is 16.2. The molecule has 25 heavy (non-hydrogen) atoms. The lowest BCUT2D eigenvalue weighted by Crippen LogP contribution is -2.45. The van der Waals surface area contributed by atoms with E-state index < -0.39 is 0 Å². The highest BCUT2D eigenvalue weighted by molar-refractivity contribution is 5.94. The summed E-state index contributed by atoms with van der Waals surface area (Å²) in [5.74, 6) is 0.511. The highest BCUT2D eigenvalue weighted by Gasteiger charge is 2.31. The van der Waals surface area contributed by atoms with Gasteiger partial charge in [0, 0.05) is 37.1 Å². The predicted octanol–water partition coefficient (Wildman–Crippen LogP) is 3.67. The van der Waals surface area contributed by atoms with Gasteiger partial charge < -0.3 is 10.2 Å². The number of urea groups is 1. The molecule has 2 aliphatic heterocycles. The number of carbonyl (C=O) groups is 1. The Morgan fingerprint density at radius 2 is 1.88 bits per heavy atom. The van der Waals surface area contributed by atoms with Crippen LogP contribution in [0.3, 0.4) is 0 Å². The van der Waals surface area contributed by atoms with Gasteiger partial charge in [-0.1, -0.05) is 36.4 Å². The van der Waals surface area contributed by atoms with Crippen LogP contribution in [0.2, 0.25) is 0 Å². The van der Waals surface area contributed by atoms with Crippen LogP contribution in [0.1, 0.15) is 18.9 Å². The van der Waals surface area contributed by atoms with Crippen LogP contribution in [-0.4, -0.2) is 31.7 Å². The van der Waals surface area contributed by atoms with E-state index in [2.05, 4.69) is 47.5 Å². The summed E-state index contributed by atoms with van der Waals surface area (Å²) in [6.45, 7) is 4.93. The van der Waals surface area contributed by atoms with Crippen molar-refractivity contribution in [2.75, 3.05) is 29.4 Å². The molecular weight excluding hydrogens is 310 g/mol. The van der Waals surface area contributed by atoms with Crippen LogP contribution >= 0.6 is 0 Å². The Hall–Kier alpha value is -2.49. The average Bonchev–Trinajstić information content (AvgIpc) is 3.24. The maximum Gasteiger partial charge on any atom is 0.322 e. The van der Waals surface area contributed by atoms with Crippen molar-refractivity contribution < 1.29 is 4.79 Å². The number of carbonyl (C=O) groups excluding carboxylic acids is 1. The molecule has 2 atom stereocenters. The van der Waals surface area contributed by atoms with E-state index in [0.717, 1.165) is 38.2 Å². The second-order valence-electron chi connectivity index (χ2n) is 7.17. The van der Waals surface area contributed by atoms with Gasteiger partial charge in [-0.05, 0) is 49.4 Å². The van der Waals surface area contributed by atoms with Gasteiger partial charge in [0.1, 0.15) is 0 Å². The van der Waals surface area contributed by atoms with Gasteiger partial charge in [0.05, 0.1) is 0 Å². The lowest BCUT2D eigenvalue weighted by molar-refractivity contribution is 0.243. The van der Waals surface area contributed by atoms with E-state index >= 15 is 0 Å². The van der Waals surface area contributed by atoms with Crippen molar-refractivity contribution in [1.29, 1.82) is 0 Å². The SMILES string of the molecule is CC1Cc2ccccc2N1C(=O)NCC1CCN(c2ccccc2)C1. The summed E-state index contributed by atoms with van der Waals surface area (Å²) in [4.78, 5) is 17.1. The zero-order valence-corrected chi connectivity index (χ0v) is 14.7. The van der Waals surface area contributed by atoms with Gasteiger partial charge in [-0.25, -0.2) is 4.79 Å². The third-order valence-corrected chi connectivity index (χ3v) is 5.38. The molecule has 0 aromatic heterocycles. The number of para-hydroxylation sites is 2. The second-order valence-corrected chi connectivity index (χ2v) is 7.17. The van der Waals surface area contributed by atoms with Crippen molar-refractivity contribution in [1.82, 2.24) is 5.32 Å². The minimum absolute atomic E-state index is 0.0376. The Bertz CT molecular complexity index is 746. The Morgan fingerprint density at radius 1 is 1.12 bits per heavy atom. The van der Waals surface area contributed by atoms with Crippen molar-refractivity contribution in [3.05, 3.63) is 60.2 Å². The minimum atomic E-state index is 0.0376. The van der Waals surface area contributed by atoms with Gasteiger partial charge >= 0.3 is 6.03 Å². The molecule has 1 N–H and O–H groups in total. The van der Waals surface area contributed by atoms with E-state index in [4.69, 9.17) is 0 Å². The number of hydrogen-bond acceptors (Lipinski definition) is 2. The first kappa shape index (κ1) is 16.0. The standard InChI is InChI=1S/C21H25N3O/c1-16-13-18-7-5-6-10-20(18)24(16)21(25)22-14-17-11-12-23(15-17)19-8-3-2-4-9-19/h2-10,16-17H,11-15H2,1H3,(H,22,25). The molecule has 2 heterocycles. The zero-order chi connectivity index (χ0) is 17.2. The molecule has 4 rings (SSSR count). The topological polar surface area (TPSA) is 35.6 Å². The molecule has 130 valence electrons. The molecule has 2 aromatic rings. The molecule has 2 amide bonds. The fourth-order valence-corrected chi connectivity index (χ4v) is 4.06. The summed E-state index contributed by atoms with van der Waals surface area (Å²) in [6, 6.07) is 19.0. The van der Waals surface area contributed by atoms with Crippen molar-refractivity contribution in [2.24, 2.45) is 5.92 Å². The summed E-state index contributed by atoms with van der Waals surface area (Å²) >= 11 is 0. The maximum absolute atomic E-state index is 12.7. The van der Waals surface area contributed by atoms with Crippen molar-refractivity contribution in [3.8, 4) is 0 Å². The fraction of sp³-hybridized carbons (Fsp3) is 0.381. The molecule has 1 saturated heterocycles. The van der Waals surface area contributed by atoms with Crippen molar-refractivity contribution in [2.45, 2.75) is 25.8 Å². The monoisotopic (exact) mass is 335 g/mol. The van der Waals surface area contributed by atoms with E-state index in [9.17, 15) is 4.79 Å². The van der Waals surface area contributed by atoms with Gasteiger partial charge in [-0.2, -0.15) is 0 Å². The van der Waals surface area contributed by atoms with Crippen LogP contribution in [0.25, 0.3) is 0 Å². The van der Waals surface area contributed by atoms with E-state index in [1.54, 1.807) is 0 Å². The van der Waals surface area contributed by atoms with Crippen molar-refractivity contribution in [3.63, 3.8) is 0 Å². The third kappa shape index (κ3) is 3.21. The van der Waals surface area contributed by atoms with E-state index in [0.29, 0.717) is 5.92 Å². The van der Waals surface area contributed by atoms with Crippen LogP contribution in [0.15, 0.2) is 54.6 Å². The first-order chi connectivity index (χ1) is 12.2. The lowest BCUT2D eigenvalue weighted by atomic mass is 10.1. The van der Waals surface area contributed by atoms with Crippen LogP contribution in [0.5, 0.6) is 0 Å². The van der Waals surface area contributed by atoms with E-state index in [-0.39, 0.29) is 12.1 Å². The Balaban J connectivity index is 1.34. The van der Waals surface area contributed by atoms with Crippen LogP contribution in [0.4, 0.5) is 16.2 Å². The summed E-state index contributed by atoms with van der Waals surface area (Å²) in [5.41, 5.74) is 3.60. The molecule has 0 bridgehead atoms. The van der Waals surface area contributed by atoms with Crippen LogP contribution in [-0.2, 0) is 6.42 Å². The fourth-order valence-electron chi connectivity index (χ4n) is 4.06. The van der Waals surface area contributed by atoms with Gasteiger partial charge in [-0.3, -0.25) is 4.90 Å². The number of nitrogens with one attached hydrogen (secondary N) is 1. The quantitative estimate of drug-likeness (QED) is 0.929. The molecule has 1 fully saturated rings. The number of nitrogens with zero attached hydrogens (tertiary/aromatic N) is 2. The largest absolute Gasteiger partial charge is 0.371 e. The van der Waals surface area contributed by atoms with Gasteiger partial charge in [0.2, 0.25) is 0 Å². The lowest BCUT2D eigenvalue weighted by Gasteiger charge is -2.24. The van der Waals surface area contributed by atoms with Crippen LogP contribution < -0.4 is 15.1 Å². The predicted molar refractivity (Wildman–Crippen MR) is 102 cm³/mol. The average molecular weight is 335 g/mol. The first-order valence-electron chi connectivity index (χ1n) is 9.17. The Morgan fingerprint density at radius 3 is 2.72 bits per heavy atom. The molecule has 0 aliphatic carbocycles. The first-order valence-corrected chi connectivity index (χ1v) is 9.17. The second kappa shape index (κ2) is 6.79. The summed E-state index contributed by atoms with van der Waals surface area (Å²) in [6.07, 6.45) is 2.07. The molecule has 2 aromatic carbocycles. The summed E-state index contributed by atoms with van der Waals surface area (Å²) < 4.78 is 0. The van der Waals surface area contributed by atoms with Gasteiger partial charge in [-0.15, -0.1) is 0 Å². The highest BCUT2D eigenvalue weighted by Crippen LogP contribution is 2.31. The number of rotatable bonds is 3. The van der Waals surface area contributed by atoms with Gasteiger partial charge in [0.25, 0.3) is 0 Å². The minimum Gasteiger partial charge on any atom is -0.371 e. The van der Waals surface area contributed by atoms with E-state index in [1.807, 2.05) is 29.2 Å². The molecule has 0 saturated carbocycles. The number of anilines is 2. The smallest absolute Gasteiger partial charge is 0.322 e. The summed E-state index contributed by atoms with van der Waals surface area (Å²) in [5, 5.41) is 3.17. The number of benzene rings is 2. The normalized spacial score (nSPS) is 22.1. The van der Waals surface area contributed by atoms with Crippen LogP contribution in [0, 0.1) is 5.92 Å². The number of hydrogen-bond donors (Lipinski definition) is 1. The zero-order valence-electron chi connectivity index (χ0n) is 14.7. The van der Waals surface area contributed by atoms with Crippen molar-refractivity contribution >= 4 is 17.4 Å². The molecule has 4 heteroatoms. The molecular formula is C21H25N3O. The molecule has 2 unspecified atom stereocenters. The molecule has 0 spiro atoms. The molecule has 4 nitrogen and oxygen atoms in total. The summed E-state index contributed by atoms with van der Waals surface area (Å²) in [7, 11) is 0. The Labute approximate surface area is 149 Å². The maximum atomic E-state index is 12.7. The van der Waals surface area contributed by atoms with Gasteiger partial charge in [0.15, 0.2) is 0 Å². The number of fused-ring (bicyclic) bond motifs is 1. The molecule has 0 radical (unpaired) electrons. The van der Waals surface area contributed by atoms with E-state index in [1.165, 1.54) is 11.3 Å².